The van der Waals surface area contributed by atoms with Crippen molar-refractivity contribution < 1.29 is 0 Å². The summed E-state index contributed by atoms with van der Waals surface area (Å²) in [4.78, 5) is 2.51. The summed E-state index contributed by atoms with van der Waals surface area (Å²) in [5.74, 6) is 1.19. The van der Waals surface area contributed by atoms with Crippen molar-refractivity contribution >= 4 is 29.1 Å². The molecular weight excluding hydrogens is 288 g/mol. The molecule has 1 heterocycles. The van der Waals surface area contributed by atoms with Crippen molar-refractivity contribution in [3.8, 4) is 0 Å². The number of anilines is 1. The van der Waals surface area contributed by atoms with Crippen LogP contribution in [-0.2, 0) is 6.54 Å². The van der Waals surface area contributed by atoms with Gasteiger partial charge in [-0.25, -0.2) is 0 Å². The maximum Gasteiger partial charge on any atom is 0.0427 e. The number of benzene rings is 1. The van der Waals surface area contributed by atoms with E-state index in [1.54, 1.807) is 0 Å². The van der Waals surface area contributed by atoms with Crippen LogP contribution in [-0.4, -0.2) is 29.6 Å². The fourth-order valence-electron chi connectivity index (χ4n) is 2.74. The maximum absolute atomic E-state index is 6.23. The molecule has 1 aliphatic carbocycles. The molecule has 0 bridgehead atoms. The van der Waals surface area contributed by atoms with Gasteiger partial charge in [-0.15, -0.1) is 0 Å². The smallest absolute Gasteiger partial charge is 0.0427 e. The Morgan fingerprint density at radius 2 is 2.20 bits per heavy atom. The van der Waals surface area contributed by atoms with Crippen LogP contribution in [0.1, 0.15) is 32.3 Å². The summed E-state index contributed by atoms with van der Waals surface area (Å²) >= 11 is 8.30. The van der Waals surface area contributed by atoms with Gasteiger partial charge in [-0.1, -0.05) is 17.7 Å². The summed E-state index contributed by atoms with van der Waals surface area (Å²) < 4.78 is 0.321. The molecule has 1 aromatic carbocycles. The van der Waals surface area contributed by atoms with Crippen LogP contribution in [0.4, 0.5) is 5.69 Å². The maximum atomic E-state index is 6.23. The van der Waals surface area contributed by atoms with E-state index >= 15 is 0 Å². The van der Waals surface area contributed by atoms with Gasteiger partial charge in [0.1, 0.15) is 0 Å². The van der Waals surface area contributed by atoms with E-state index in [0.717, 1.165) is 30.7 Å². The van der Waals surface area contributed by atoms with E-state index in [4.69, 9.17) is 11.6 Å². The molecule has 0 unspecified atom stereocenters. The largest absolute Gasteiger partial charge is 0.369 e. The number of hydrogen-bond acceptors (Lipinski definition) is 3. The highest BCUT2D eigenvalue weighted by molar-refractivity contribution is 8.00. The van der Waals surface area contributed by atoms with Gasteiger partial charge >= 0.3 is 0 Å². The molecule has 3 rings (SSSR count). The lowest BCUT2D eigenvalue weighted by Crippen LogP contribution is -2.43. The minimum Gasteiger partial charge on any atom is -0.369 e. The molecule has 2 fully saturated rings. The summed E-state index contributed by atoms with van der Waals surface area (Å²) in [7, 11) is 0. The SMILES string of the molecule is CC1(C)CN(c2cc(Cl)ccc2CNC2CC2)CCS1. The van der Waals surface area contributed by atoms with Crippen LogP contribution in [0.15, 0.2) is 18.2 Å². The normalized spacial score (nSPS) is 22.1. The van der Waals surface area contributed by atoms with E-state index in [1.807, 2.05) is 6.07 Å². The second-order valence-electron chi connectivity index (χ2n) is 6.46. The third-order valence-corrected chi connectivity index (χ3v) is 5.50. The van der Waals surface area contributed by atoms with E-state index in [2.05, 4.69) is 48.0 Å². The van der Waals surface area contributed by atoms with E-state index in [9.17, 15) is 0 Å². The number of thioether (sulfide) groups is 1. The minimum absolute atomic E-state index is 0.321. The first kappa shape index (κ1) is 14.6. The van der Waals surface area contributed by atoms with Crippen LogP contribution in [0.2, 0.25) is 5.02 Å². The average molecular weight is 311 g/mol. The summed E-state index contributed by atoms with van der Waals surface area (Å²) in [6.07, 6.45) is 2.66. The van der Waals surface area contributed by atoms with Gasteiger partial charge in [-0.2, -0.15) is 11.8 Å². The van der Waals surface area contributed by atoms with E-state index in [1.165, 1.54) is 29.8 Å². The molecule has 1 aliphatic heterocycles. The Labute approximate surface area is 131 Å². The summed E-state index contributed by atoms with van der Waals surface area (Å²) in [6.45, 7) is 7.83. The van der Waals surface area contributed by atoms with Crippen LogP contribution in [0, 0.1) is 0 Å². The summed E-state index contributed by atoms with van der Waals surface area (Å²) in [5, 5.41) is 4.46. The number of hydrogen-bond donors (Lipinski definition) is 1. The lowest BCUT2D eigenvalue weighted by molar-refractivity contribution is 0.638. The van der Waals surface area contributed by atoms with Crippen LogP contribution in [0.25, 0.3) is 0 Å². The lowest BCUT2D eigenvalue weighted by Gasteiger charge is -2.40. The third-order valence-electron chi connectivity index (χ3n) is 3.97. The zero-order valence-electron chi connectivity index (χ0n) is 12.3. The Kier molecular flexibility index (Phi) is 4.21. The average Bonchev–Trinajstić information content (AvgIpc) is 3.20. The fraction of sp³-hybridized carbons (Fsp3) is 0.625. The first-order valence-corrected chi connectivity index (χ1v) is 8.81. The number of rotatable bonds is 4. The van der Waals surface area contributed by atoms with Gasteiger partial charge in [-0.3, -0.25) is 0 Å². The van der Waals surface area contributed by atoms with Gasteiger partial charge in [0.25, 0.3) is 0 Å². The molecule has 4 heteroatoms. The zero-order chi connectivity index (χ0) is 14.2. The van der Waals surface area contributed by atoms with Crippen LogP contribution < -0.4 is 10.2 Å². The Morgan fingerprint density at radius 1 is 1.40 bits per heavy atom. The standard InChI is InChI=1S/C16H23ClN2S/c1-16(2)11-19(7-8-20-16)15-9-13(17)4-3-12(15)10-18-14-5-6-14/h3-4,9,14,18H,5-8,10-11H2,1-2H3. The summed E-state index contributed by atoms with van der Waals surface area (Å²) in [6, 6.07) is 7.07. The van der Waals surface area contributed by atoms with E-state index in [-0.39, 0.29) is 0 Å². The zero-order valence-corrected chi connectivity index (χ0v) is 13.9. The van der Waals surface area contributed by atoms with E-state index < -0.39 is 0 Å². The molecule has 110 valence electrons. The molecule has 1 aromatic rings. The predicted molar refractivity (Wildman–Crippen MR) is 90.1 cm³/mol. The Hall–Kier alpha value is -0.380. The monoisotopic (exact) mass is 310 g/mol. The molecule has 2 nitrogen and oxygen atoms in total. The topological polar surface area (TPSA) is 15.3 Å². The van der Waals surface area contributed by atoms with Gasteiger partial charge in [0.2, 0.25) is 0 Å². The molecule has 0 amide bonds. The second kappa shape index (κ2) is 5.78. The van der Waals surface area contributed by atoms with Gasteiger partial charge in [0, 0.05) is 46.9 Å². The highest BCUT2D eigenvalue weighted by Crippen LogP contribution is 2.35. The first-order valence-electron chi connectivity index (χ1n) is 7.44. The first-order chi connectivity index (χ1) is 9.53. The number of nitrogens with one attached hydrogen (secondary N) is 1. The van der Waals surface area contributed by atoms with Crippen molar-refractivity contribution in [2.24, 2.45) is 0 Å². The Morgan fingerprint density at radius 3 is 2.90 bits per heavy atom. The van der Waals surface area contributed by atoms with Gasteiger partial charge < -0.3 is 10.2 Å². The molecule has 0 atom stereocenters. The van der Waals surface area contributed by atoms with Crippen molar-refractivity contribution in [3.05, 3.63) is 28.8 Å². The highest BCUT2D eigenvalue weighted by atomic mass is 35.5. The summed E-state index contributed by atoms with van der Waals surface area (Å²) in [5.41, 5.74) is 2.70. The predicted octanol–water partition coefficient (Wildman–Crippen LogP) is 3.92. The quantitative estimate of drug-likeness (QED) is 0.907. The lowest BCUT2D eigenvalue weighted by atomic mass is 10.1. The molecule has 1 saturated heterocycles. The molecule has 2 aliphatic rings. The van der Waals surface area contributed by atoms with Crippen molar-refractivity contribution in [3.63, 3.8) is 0 Å². The fourth-order valence-corrected chi connectivity index (χ4v) is 4.02. The Bertz CT molecular complexity index is 485. The Balaban J connectivity index is 1.80. The number of halogens is 1. The van der Waals surface area contributed by atoms with Crippen molar-refractivity contribution in [2.45, 2.75) is 44.0 Å². The number of nitrogens with zero attached hydrogens (tertiary/aromatic N) is 1. The molecule has 0 radical (unpaired) electrons. The van der Waals surface area contributed by atoms with Gasteiger partial charge in [-0.05, 0) is 44.4 Å². The van der Waals surface area contributed by atoms with Crippen molar-refractivity contribution in [1.29, 1.82) is 0 Å². The van der Waals surface area contributed by atoms with Crippen LogP contribution >= 0.6 is 23.4 Å². The second-order valence-corrected chi connectivity index (χ2v) is 8.70. The molecule has 0 spiro atoms. The molecule has 1 N–H and O–H groups in total. The van der Waals surface area contributed by atoms with Crippen LogP contribution in [0.3, 0.4) is 0 Å². The van der Waals surface area contributed by atoms with Gasteiger partial charge in [0.15, 0.2) is 0 Å². The minimum atomic E-state index is 0.321. The van der Waals surface area contributed by atoms with Gasteiger partial charge in [0.05, 0.1) is 0 Å². The van der Waals surface area contributed by atoms with Crippen LogP contribution in [0.5, 0.6) is 0 Å². The molecule has 0 aromatic heterocycles. The van der Waals surface area contributed by atoms with E-state index in [0.29, 0.717) is 4.75 Å². The molecular formula is C16H23ClN2S. The molecule has 1 saturated carbocycles. The third kappa shape index (κ3) is 3.63. The molecule has 20 heavy (non-hydrogen) atoms. The highest BCUT2D eigenvalue weighted by Gasteiger charge is 2.28. The van der Waals surface area contributed by atoms with Crippen molar-refractivity contribution in [1.82, 2.24) is 5.32 Å². The van der Waals surface area contributed by atoms with Crippen molar-refractivity contribution in [2.75, 3.05) is 23.7 Å².